The van der Waals surface area contributed by atoms with Crippen molar-refractivity contribution in [3.8, 4) is 0 Å². The molecule has 1 unspecified atom stereocenters. The fraction of sp³-hybridized carbons (Fsp3) is 0.615. The summed E-state index contributed by atoms with van der Waals surface area (Å²) in [5.74, 6) is 0. The van der Waals surface area contributed by atoms with Gasteiger partial charge in [0.05, 0.1) is 0 Å². The minimum Gasteiger partial charge on any atom is -0.314 e. The lowest BCUT2D eigenvalue weighted by Gasteiger charge is -2.19. The van der Waals surface area contributed by atoms with Crippen molar-refractivity contribution in [2.75, 3.05) is 20.1 Å². The van der Waals surface area contributed by atoms with Crippen LogP contribution in [0.2, 0.25) is 0 Å². The normalized spacial score (nSPS) is 20.5. The molecule has 16 heavy (non-hydrogen) atoms. The van der Waals surface area contributed by atoms with Crippen molar-refractivity contribution < 1.29 is 0 Å². The monoisotopic (exact) mass is 219 g/mol. The third-order valence-electron chi connectivity index (χ3n) is 3.20. The van der Waals surface area contributed by atoms with Gasteiger partial charge >= 0.3 is 0 Å². The molecule has 0 aromatic carbocycles. The van der Waals surface area contributed by atoms with Crippen LogP contribution in [0.25, 0.3) is 0 Å². The van der Waals surface area contributed by atoms with E-state index >= 15 is 0 Å². The third-order valence-corrected chi connectivity index (χ3v) is 3.20. The predicted molar refractivity (Wildman–Crippen MR) is 66.2 cm³/mol. The first-order valence-electron chi connectivity index (χ1n) is 6.15. The van der Waals surface area contributed by atoms with Gasteiger partial charge < -0.3 is 10.2 Å². The molecule has 1 fully saturated rings. The Balaban J connectivity index is 1.69. The van der Waals surface area contributed by atoms with Crippen LogP contribution in [0, 0.1) is 0 Å². The van der Waals surface area contributed by atoms with Crippen LogP contribution in [-0.4, -0.2) is 36.1 Å². The zero-order chi connectivity index (χ0) is 11.2. The molecule has 0 amide bonds. The van der Waals surface area contributed by atoms with Crippen molar-refractivity contribution in [2.24, 2.45) is 0 Å². The summed E-state index contributed by atoms with van der Waals surface area (Å²) in [5, 5.41) is 3.54. The Hall–Kier alpha value is -0.930. The maximum absolute atomic E-state index is 4.14. The van der Waals surface area contributed by atoms with Gasteiger partial charge in [-0.25, -0.2) is 0 Å². The molecule has 2 rings (SSSR count). The lowest BCUT2D eigenvalue weighted by atomic mass is 10.1. The molecule has 1 N–H and O–H groups in total. The van der Waals surface area contributed by atoms with Crippen molar-refractivity contribution in [3.63, 3.8) is 0 Å². The Morgan fingerprint density at radius 3 is 3.19 bits per heavy atom. The zero-order valence-electron chi connectivity index (χ0n) is 10.0. The second-order valence-corrected chi connectivity index (χ2v) is 4.68. The van der Waals surface area contributed by atoms with Gasteiger partial charge in [-0.2, -0.15) is 0 Å². The molecule has 1 atom stereocenters. The smallest absolute Gasteiger partial charge is 0.0312 e. The van der Waals surface area contributed by atoms with Crippen molar-refractivity contribution >= 4 is 0 Å². The lowest BCUT2D eigenvalue weighted by Crippen LogP contribution is -2.28. The van der Waals surface area contributed by atoms with Gasteiger partial charge in [-0.3, -0.25) is 4.98 Å². The molecule has 0 bridgehead atoms. The van der Waals surface area contributed by atoms with Gasteiger partial charge in [-0.1, -0.05) is 6.07 Å². The van der Waals surface area contributed by atoms with E-state index in [1.165, 1.54) is 31.4 Å². The highest BCUT2D eigenvalue weighted by Gasteiger charge is 2.14. The van der Waals surface area contributed by atoms with Crippen LogP contribution in [0.5, 0.6) is 0 Å². The summed E-state index contributed by atoms with van der Waals surface area (Å²) >= 11 is 0. The molecular weight excluding hydrogens is 198 g/mol. The highest BCUT2D eigenvalue weighted by molar-refractivity contribution is 5.07. The quantitative estimate of drug-likeness (QED) is 0.816. The second-order valence-electron chi connectivity index (χ2n) is 4.68. The van der Waals surface area contributed by atoms with Crippen LogP contribution in [0.15, 0.2) is 24.5 Å². The first-order valence-corrected chi connectivity index (χ1v) is 6.15. The third kappa shape index (κ3) is 3.58. The summed E-state index contributed by atoms with van der Waals surface area (Å²) in [6.45, 7) is 3.37. The van der Waals surface area contributed by atoms with Gasteiger partial charge in [0.15, 0.2) is 0 Å². The molecule has 1 aromatic rings. The van der Waals surface area contributed by atoms with E-state index in [0.717, 1.165) is 19.1 Å². The van der Waals surface area contributed by atoms with Crippen LogP contribution in [-0.2, 0) is 6.54 Å². The summed E-state index contributed by atoms with van der Waals surface area (Å²) < 4.78 is 0. The number of hydrogen-bond donors (Lipinski definition) is 1. The van der Waals surface area contributed by atoms with Crippen LogP contribution >= 0.6 is 0 Å². The Labute approximate surface area is 97.9 Å². The van der Waals surface area contributed by atoms with Gasteiger partial charge in [0.2, 0.25) is 0 Å². The Bertz CT molecular complexity index is 293. The summed E-state index contributed by atoms with van der Waals surface area (Å²) in [7, 11) is 2.18. The topological polar surface area (TPSA) is 28.2 Å². The standard InChI is InChI=1S/C13H21N3/c1-16(9-6-13-5-3-8-15-13)11-12-4-2-7-14-10-12/h2,4,7,10,13,15H,3,5-6,8-9,11H2,1H3. The van der Waals surface area contributed by atoms with E-state index in [0.29, 0.717) is 0 Å². The Kier molecular flexibility index (Phi) is 4.31. The van der Waals surface area contributed by atoms with E-state index in [-0.39, 0.29) is 0 Å². The van der Waals surface area contributed by atoms with Crippen LogP contribution in [0.1, 0.15) is 24.8 Å². The van der Waals surface area contributed by atoms with E-state index in [1.807, 2.05) is 18.5 Å². The fourth-order valence-corrected chi connectivity index (χ4v) is 2.26. The average molecular weight is 219 g/mol. The van der Waals surface area contributed by atoms with Crippen LogP contribution in [0.4, 0.5) is 0 Å². The Morgan fingerprint density at radius 2 is 2.50 bits per heavy atom. The van der Waals surface area contributed by atoms with Crippen molar-refractivity contribution in [1.82, 2.24) is 15.2 Å². The van der Waals surface area contributed by atoms with Gasteiger partial charge in [0, 0.05) is 25.0 Å². The molecule has 0 radical (unpaired) electrons. The SMILES string of the molecule is CN(CCC1CCCN1)Cc1cccnc1. The molecule has 0 saturated carbocycles. The first kappa shape index (κ1) is 11.6. The van der Waals surface area contributed by atoms with Gasteiger partial charge in [-0.15, -0.1) is 0 Å². The van der Waals surface area contributed by atoms with Gasteiger partial charge in [0.25, 0.3) is 0 Å². The minimum atomic E-state index is 0.747. The van der Waals surface area contributed by atoms with Gasteiger partial charge in [0.1, 0.15) is 0 Å². The molecule has 1 aromatic heterocycles. The lowest BCUT2D eigenvalue weighted by molar-refractivity contribution is 0.305. The molecular formula is C13H21N3. The maximum Gasteiger partial charge on any atom is 0.0312 e. The molecule has 3 nitrogen and oxygen atoms in total. The molecule has 1 saturated heterocycles. The first-order chi connectivity index (χ1) is 7.84. The summed E-state index contributed by atoms with van der Waals surface area (Å²) in [6, 6.07) is 4.88. The summed E-state index contributed by atoms with van der Waals surface area (Å²) in [4.78, 5) is 6.51. The molecule has 0 spiro atoms. The molecule has 1 aliphatic heterocycles. The van der Waals surface area contributed by atoms with Crippen molar-refractivity contribution in [1.29, 1.82) is 0 Å². The van der Waals surface area contributed by atoms with Crippen molar-refractivity contribution in [2.45, 2.75) is 31.8 Å². The molecule has 88 valence electrons. The zero-order valence-corrected chi connectivity index (χ0v) is 10.0. The summed E-state index contributed by atoms with van der Waals surface area (Å²) in [6.07, 6.45) is 7.73. The molecule has 2 heterocycles. The minimum absolute atomic E-state index is 0.747. The van der Waals surface area contributed by atoms with Crippen LogP contribution < -0.4 is 5.32 Å². The van der Waals surface area contributed by atoms with E-state index in [4.69, 9.17) is 0 Å². The number of hydrogen-bond acceptors (Lipinski definition) is 3. The molecule has 1 aliphatic rings. The Morgan fingerprint density at radius 1 is 1.56 bits per heavy atom. The molecule has 0 aliphatic carbocycles. The van der Waals surface area contributed by atoms with Crippen molar-refractivity contribution in [3.05, 3.63) is 30.1 Å². The number of pyridine rings is 1. The summed E-state index contributed by atoms with van der Waals surface area (Å²) in [5.41, 5.74) is 1.30. The highest BCUT2D eigenvalue weighted by atomic mass is 15.1. The number of rotatable bonds is 5. The predicted octanol–water partition coefficient (Wildman–Crippen LogP) is 1.66. The molecule has 3 heteroatoms. The second kappa shape index (κ2) is 5.97. The van der Waals surface area contributed by atoms with Gasteiger partial charge in [-0.05, 0) is 51.0 Å². The number of nitrogens with zero attached hydrogens (tertiary/aromatic N) is 2. The van der Waals surface area contributed by atoms with E-state index < -0.39 is 0 Å². The maximum atomic E-state index is 4.14. The average Bonchev–Trinajstić information content (AvgIpc) is 2.81. The fourth-order valence-electron chi connectivity index (χ4n) is 2.26. The van der Waals surface area contributed by atoms with E-state index in [1.54, 1.807) is 0 Å². The van der Waals surface area contributed by atoms with Crippen LogP contribution in [0.3, 0.4) is 0 Å². The van der Waals surface area contributed by atoms with E-state index in [9.17, 15) is 0 Å². The highest BCUT2D eigenvalue weighted by Crippen LogP contribution is 2.10. The number of nitrogens with one attached hydrogen (secondary N) is 1. The van der Waals surface area contributed by atoms with E-state index in [2.05, 4.69) is 28.3 Å². The number of aromatic nitrogens is 1. The largest absolute Gasteiger partial charge is 0.314 e.